The molecule has 7 heteroatoms. The van der Waals surface area contributed by atoms with Crippen molar-refractivity contribution in [2.45, 2.75) is 6.04 Å². The second-order valence-corrected chi connectivity index (χ2v) is 5.20. The number of carbonyl (C=O) groups excluding carboxylic acids is 1. The van der Waals surface area contributed by atoms with Crippen LogP contribution >= 0.6 is 15.9 Å². The van der Waals surface area contributed by atoms with Crippen molar-refractivity contribution >= 4 is 33.5 Å². The van der Waals surface area contributed by atoms with Gasteiger partial charge in [-0.2, -0.15) is 0 Å². The fraction of sp³-hybridized carbons (Fsp3) is 0.333. The molecular weight excluding hydrogens is 316 g/mol. The molecule has 4 N–H and O–H groups in total. The summed E-state index contributed by atoms with van der Waals surface area (Å²) >= 11 is 3.26. The fourth-order valence-corrected chi connectivity index (χ4v) is 2.35. The maximum Gasteiger partial charge on any atom is 0.311 e. The van der Waals surface area contributed by atoms with Gasteiger partial charge in [0.15, 0.2) is 0 Å². The summed E-state index contributed by atoms with van der Waals surface area (Å²) in [6, 6.07) is 4.65. The van der Waals surface area contributed by atoms with E-state index < -0.39 is 17.8 Å². The molecule has 19 heavy (non-hydrogen) atoms. The number of hydrogen-bond donors (Lipinski definition) is 3. The second kappa shape index (κ2) is 5.58. The highest BCUT2D eigenvalue weighted by Crippen LogP contribution is 2.25. The van der Waals surface area contributed by atoms with Gasteiger partial charge in [0.1, 0.15) is 5.92 Å². The summed E-state index contributed by atoms with van der Waals surface area (Å²) in [5, 5.41) is 12.1. The molecule has 102 valence electrons. The molecule has 1 saturated heterocycles. The monoisotopic (exact) mass is 328 g/mol. The normalized spacial score (nSPS) is 22.2. The van der Waals surface area contributed by atoms with Gasteiger partial charge >= 0.3 is 5.97 Å². The number of ether oxygens (including phenoxy) is 1. The van der Waals surface area contributed by atoms with Crippen molar-refractivity contribution in [1.82, 2.24) is 0 Å². The third kappa shape index (κ3) is 3.05. The zero-order valence-electron chi connectivity index (χ0n) is 9.93. The van der Waals surface area contributed by atoms with Gasteiger partial charge in [0, 0.05) is 10.2 Å². The maximum atomic E-state index is 11.4. The molecule has 1 aliphatic heterocycles. The summed E-state index contributed by atoms with van der Waals surface area (Å²) in [4.78, 5) is 22.4. The molecule has 0 bridgehead atoms. The van der Waals surface area contributed by atoms with E-state index in [9.17, 15) is 9.59 Å². The first-order chi connectivity index (χ1) is 8.99. The number of rotatable bonds is 4. The van der Waals surface area contributed by atoms with E-state index in [4.69, 9.17) is 15.6 Å². The van der Waals surface area contributed by atoms with E-state index in [1.807, 2.05) is 0 Å². The Morgan fingerprint density at radius 1 is 1.42 bits per heavy atom. The maximum absolute atomic E-state index is 11.4. The van der Waals surface area contributed by atoms with Crippen LogP contribution in [0.15, 0.2) is 22.7 Å². The lowest BCUT2D eigenvalue weighted by Crippen LogP contribution is -2.34. The first-order valence-electron chi connectivity index (χ1n) is 5.65. The van der Waals surface area contributed by atoms with Crippen molar-refractivity contribution in [1.29, 1.82) is 0 Å². The van der Waals surface area contributed by atoms with Gasteiger partial charge in [-0.15, -0.1) is 0 Å². The number of nitrogens with one attached hydrogen (secondary N) is 1. The number of carbonyl (C=O) groups is 2. The number of carboxylic acids is 1. The highest BCUT2D eigenvalue weighted by Gasteiger charge is 2.34. The Hall–Kier alpha value is -1.60. The van der Waals surface area contributed by atoms with Crippen LogP contribution in [0.5, 0.6) is 0 Å². The molecule has 0 spiro atoms. The molecule has 2 rings (SSSR count). The van der Waals surface area contributed by atoms with Gasteiger partial charge in [0.2, 0.25) is 0 Å². The first kappa shape index (κ1) is 13.8. The van der Waals surface area contributed by atoms with Crippen LogP contribution in [0, 0.1) is 5.92 Å². The van der Waals surface area contributed by atoms with Crippen LogP contribution in [0.1, 0.15) is 10.4 Å². The number of benzene rings is 1. The van der Waals surface area contributed by atoms with E-state index in [-0.39, 0.29) is 19.3 Å². The molecular formula is C12H13BrN2O4. The number of hydrogen-bond acceptors (Lipinski definition) is 4. The van der Waals surface area contributed by atoms with E-state index in [1.165, 1.54) is 0 Å². The Labute approximate surface area is 118 Å². The molecule has 1 amide bonds. The lowest BCUT2D eigenvalue weighted by atomic mass is 10.0. The highest BCUT2D eigenvalue weighted by molar-refractivity contribution is 9.10. The van der Waals surface area contributed by atoms with Gasteiger partial charge in [0.25, 0.3) is 5.91 Å². The van der Waals surface area contributed by atoms with Crippen molar-refractivity contribution in [2.75, 3.05) is 18.5 Å². The molecule has 0 radical (unpaired) electrons. The minimum Gasteiger partial charge on any atom is -0.481 e. The minimum atomic E-state index is -0.923. The van der Waals surface area contributed by atoms with E-state index in [0.717, 1.165) is 4.47 Å². The summed E-state index contributed by atoms with van der Waals surface area (Å²) in [6.45, 7) is 0.445. The molecule has 0 aliphatic carbocycles. The molecule has 2 atom stereocenters. The topological polar surface area (TPSA) is 102 Å². The zero-order valence-corrected chi connectivity index (χ0v) is 11.5. The molecule has 6 nitrogen and oxygen atoms in total. The quantitative estimate of drug-likeness (QED) is 0.767. The smallest absolute Gasteiger partial charge is 0.311 e. The van der Waals surface area contributed by atoms with E-state index >= 15 is 0 Å². The summed E-state index contributed by atoms with van der Waals surface area (Å²) in [6.07, 6.45) is 0. The van der Waals surface area contributed by atoms with Gasteiger partial charge < -0.3 is 20.9 Å². The summed E-state index contributed by atoms with van der Waals surface area (Å²) in [5.41, 5.74) is 6.13. The Bertz CT molecular complexity index is 520. The first-order valence-corrected chi connectivity index (χ1v) is 6.45. The van der Waals surface area contributed by atoms with Crippen LogP contribution in [-0.2, 0) is 9.53 Å². The largest absolute Gasteiger partial charge is 0.481 e. The van der Waals surface area contributed by atoms with Crippen molar-refractivity contribution < 1.29 is 19.4 Å². The lowest BCUT2D eigenvalue weighted by Gasteiger charge is -2.18. The third-order valence-corrected chi connectivity index (χ3v) is 3.48. The minimum absolute atomic E-state index is 0.162. The Kier molecular flexibility index (Phi) is 4.06. The average molecular weight is 329 g/mol. The third-order valence-electron chi connectivity index (χ3n) is 2.99. The predicted octanol–water partition coefficient (Wildman–Crippen LogP) is 1.06. The van der Waals surface area contributed by atoms with Crippen molar-refractivity contribution in [3.63, 3.8) is 0 Å². The van der Waals surface area contributed by atoms with Gasteiger partial charge in [-0.05, 0) is 18.2 Å². The lowest BCUT2D eigenvalue weighted by molar-refractivity contribution is -0.141. The van der Waals surface area contributed by atoms with Crippen LogP contribution in [-0.4, -0.2) is 36.2 Å². The molecule has 0 saturated carbocycles. The van der Waals surface area contributed by atoms with Gasteiger partial charge in [-0.25, -0.2) is 0 Å². The zero-order chi connectivity index (χ0) is 14.0. The molecule has 2 unspecified atom stereocenters. The summed E-state index contributed by atoms with van der Waals surface area (Å²) < 4.78 is 5.88. The number of anilines is 1. The fourth-order valence-electron chi connectivity index (χ4n) is 1.99. The summed E-state index contributed by atoms with van der Waals surface area (Å²) in [5.74, 6) is -2.13. The van der Waals surface area contributed by atoms with Crippen molar-refractivity contribution in [3.8, 4) is 0 Å². The summed E-state index contributed by atoms with van der Waals surface area (Å²) in [7, 11) is 0. The Morgan fingerprint density at radius 3 is 2.79 bits per heavy atom. The van der Waals surface area contributed by atoms with Gasteiger partial charge in [-0.3, -0.25) is 9.59 Å². The van der Waals surface area contributed by atoms with Crippen LogP contribution in [0.3, 0.4) is 0 Å². The molecule has 1 heterocycles. The van der Waals surface area contributed by atoms with Crippen LogP contribution in [0.4, 0.5) is 5.69 Å². The number of nitrogens with two attached hydrogens (primary N) is 1. The van der Waals surface area contributed by atoms with Crippen LogP contribution in [0.25, 0.3) is 0 Å². The molecule has 1 aliphatic rings. The number of halogens is 1. The SMILES string of the molecule is NC(=O)c1cc(Br)ccc1NC1COCC1C(=O)O. The average Bonchev–Trinajstić information content (AvgIpc) is 2.79. The van der Waals surface area contributed by atoms with E-state index in [2.05, 4.69) is 21.2 Å². The molecule has 1 fully saturated rings. The molecule has 1 aromatic rings. The van der Waals surface area contributed by atoms with E-state index in [0.29, 0.717) is 11.3 Å². The van der Waals surface area contributed by atoms with Gasteiger partial charge in [0.05, 0.1) is 24.8 Å². The number of aliphatic carboxylic acids is 1. The molecule has 0 aromatic heterocycles. The van der Waals surface area contributed by atoms with Gasteiger partial charge in [-0.1, -0.05) is 15.9 Å². The van der Waals surface area contributed by atoms with Crippen molar-refractivity contribution in [2.24, 2.45) is 11.7 Å². The van der Waals surface area contributed by atoms with E-state index in [1.54, 1.807) is 18.2 Å². The highest BCUT2D eigenvalue weighted by atomic mass is 79.9. The second-order valence-electron chi connectivity index (χ2n) is 4.29. The Balaban J connectivity index is 2.23. The predicted molar refractivity (Wildman–Crippen MR) is 72.0 cm³/mol. The van der Waals surface area contributed by atoms with Crippen LogP contribution < -0.4 is 11.1 Å². The number of primary amides is 1. The standard InChI is InChI=1S/C12H13BrN2O4/c13-6-1-2-9(7(3-6)11(14)16)15-10-5-19-4-8(10)12(17)18/h1-3,8,10,15H,4-5H2,(H2,14,16)(H,17,18). The van der Waals surface area contributed by atoms with Crippen molar-refractivity contribution in [3.05, 3.63) is 28.2 Å². The Morgan fingerprint density at radius 2 is 2.16 bits per heavy atom. The number of amides is 1. The number of carboxylic acid groups (broad SMARTS) is 1. The molecule has 1 aromatic carbocycles. The van der Waals surface area contributed by atoms with Crippen LogP contribution in [0.2, 0.25) is 0 Å².